The number of primary amides is 1. The highest BCUT2D eigenvalue weighted by atomic mass is 32.2. The molecule has 0 aromatic carbocycles. The fourth-order valence-electron chi connectivity index (χ4n) is 2.14. The third-order valence-electron chi connectivity index (χ3n) is 3.15. The number of amides is 1. The minimum atomic E-state index is -0.536. The average Bonchev–Trinajstić information content (AvgIpc) is 3.00. The van der Waals surface area contributed by atoms with Crippen LogP contribution in [0.3, 0.4) is 0 Å². The van der Waals surface area contributed by atoms with Crippen molar-refractivity contribution in [2.24, 2.45) is 5.73 Å². The summed E-state index contributed by atoms with van der Waals surface area (Å²) in [7, 11) is 0. The molecule has 3 N–H and O–H groups in total. The van der Waals surface area contributed by atoms with Gasteiger partial charge in [-0.25, -0.2) is 4.98 Å². The summed E-state index contributed by atoms with van der Waals surface area (Å²) in [4.78, 5) is 20.2. The number of nitrogens with zero attached hydrogens (tertiary/aromatic N) is 4. The fourth-order valence-corrected chi connectivity index (χ4v) is 2.73. The van der Waals surface area contributed by atoms with Gasteiger partial charge >= 0.3 is 0 Å². The van der Waals surface area contributed by atoms with E-state index in [0.717, 1.165) is 5.56 Å². The summed E-state index contributed by atoms with van der Waals surface area (Å²) in [5.74, 6) is 0.00939. The predicted molar refractivity (Wildman–Crippen MR) is 84.8 cm³/mol. The summed E-state index contributed by atoms with van der Waals surface area (Å²) >= 11 is 1.37. The van der Waals surface area contributed by atoms with Crippen molar-refractivity contribution >= 4 is 29.1 Å². The van der Waals surface area contributed by atoms with Crippen molar-refractivity contribution in [3.8, 4) is 0 Å². The van der Waals surface area contributed by atoms with Crippen molar-refractivity contribution in [1.82, 2.24) is 19.6 Å². The van der Waals surface area contributed by atoms with Crippen LogP contribution < -0.4 is 11.1 Å². The molecule has 0 spiro atoms. The van der Waals surface area contributed by atoms with Gasteiger partial charge in [0.15, 0.2) is 5.65 Å². The summed E-state index contributed by atoms with van der Waals surface area (Å²) in [5.41, 5.74) is 7.58. The van der Waals surface area contributed by atoms with Gasteiger partial charge in [-0.05, 0) is 24.0 Å². The fraction of sp³-hybridized carbons (Fsp3) is 0.143. The minimum Gasteiger partial charge on any atom is -0.365 e. The molecule has 0 aliphatic rings. The van der Waals surface area contributed by atoms with Gasteiger partial charge in [-0.1, -0.05) is 0 Å². The molecule has 1 amide bonds. The predicted octanol–water partition coefficient (Wildman–Crippen LogP) is 1.56. The molecule has 3 heterocycles. The molecule has 0 atom stereocenters. The Morgan fingerprint density at radius 1 is 1.32 bits per heavy atom. The van der Waals surface area contributed by atoms with E-state index in [4.69, 9.17) is 5.73 Å². The number of nitrogens with one attached hydrogen (secondary N) is 1. The minimum absolute atomic E-state index is 0.345. The van der Waals surface area contributed by atoms with Crippen LogP contribution in [0.15, 0.2) is 41.8 Å². The lowest BCUT2D eigenvalue weighted by Gasteiger charge is -2.14. The van der Waals surface area contributed by atoms with Gasteiger partial charge in [-0.15, -0.1) is 11.8 Å². The lowest BCUT2D eigenvalue weighted by molar-refractivity contribution is 0.0997. The first-order valence-corrected chi connectivity index (χ1v) is 7.77. The highest BCUT2D eigenvalue weighted by Crippen LogP contribution is 2.26. The maximum absolute atomic E-state index is 11.9. The number of hydrogen-bond donors (Lipinski definition) is 2. The van der Waals surface area contributed by atoms with Crippen LogP contribution in [0.1, 0.15) is 15.9 Å². The largest absolute Gasteiger partial charge is 0.365 e. The number of hydrogen-bond acceptors (Lipinski definition) is 6. The molecule has 0 aliphatic carbocycles. The summed E-state index contributed by atoms with van der Waals surface area (Å²) < 4.78 is 1.58. The normalized spacial score (nSPS) is 10.8. The Bertz CT molecular complexity index is 817. The Labute approximate surface area is 131 Å². The van der Waals surface area contributed by atoms with E-state index in [-0.39, 0.29) is 0 Å². The van der Waals surface area contributed by atoms with E-state index in [1.54, 1.807) is 29.2 Å². The van der Waals surface area contributed by atoms with Gasteiger partial charge in [0.05, 0.1) is 6.20 Å². The molecule has 3 aromatic rings. The first-order chi connectivity index (χ1) is 10.7. The van der Waals surface area contributed by atoms with Crippen molar-refractivity contribution in [3.05, 3.63) is 47.9 Å². The molecular weight excluding hydrogens is 300 g/mol. The maximum atomic E-state index is 11.9. The van der Waals surface area contributed by atoms with Crippen LogP contribution in [0.4, 0.5) is 5.82 Å². The first-order valence-electron chi connectivity index (χ1n) is 6.55. The van der Waals surface area contributed by atoms with Crippen molar-refractivity contribution in [2.45, 2.75) is 11.6 Å². The highest BCUT2D eigenvalue weighted by Gasteiger charge is 2.19. The Kier molecular flexibility index (Phi) is 3.92. The van der Waals surface area contributed by atoms with Gasteiger partial charge in [-0.3, -0.25) is 9.78 Å². The number of anilines is 1. The van der Waals surface area contributed by atoms with Crippen LogP contribution in [0.25, 0.3) is 5.65 Å². The molecule has 0 unspecified atom stereocenters. The summed E-state index contributed by atoms with van der Waals surface area (Å²) in [5, 5.41) is 8.03. The quantitative estimate of drug-likeness (QED) is 0.548. The topological polar surface area (TPSA) is 98.2 Å². The van der Waals surface area contributed by atoms with E-state index in [1.165, 1.54) is 11.8 Å². The van der Waals surface area contributed by atoms with E-state index in [0.29, 0.717) is 28.6 Å². The van der Waals surface area contributed by atoms with Crippen LogP contribution in [0, 0.1) is 0 Å². The number of thioether (sulfide) groups is 1. The zero-order chi connectivity index (χ0) is 15.5. The second kappa shape index (κ2) is 6.02. The van der Waals surface area contributed by atoms with Crippen molar-refractivity contribution in [1.29, 1.82) is 0 Å². The van der Waals surface area contributed by atoms with Gasteiger partial charge in [0.1, 0.15) is 16.4 Å². The third-order valence-corrected chi connectivity index (χ3v) is 3.83. The number of fused-ring (bicyclic) bond motifs is 1. The molecule has 3 aromatic heterocycles. The smallest absolute Gasteiger partial charge is 0.255 e. The SMILES string of the molecule is CSc1nc2ccnn2c(NCc2ccncc2)c1C(N)=O. The number of pyridine rings is 1. The van der Waals surface area contributed by atoms with E-state index in [2.05, 4.69) is 20.4 Å². The molecule has 22 heavy (non-hydrogen) atoms. The van der Waals surface area contributed by atoms with Gasteiger partial charge in [0.2, 0.25) is 0 Å². The molecule has 8 heteroatoms. The second-order valence-corrected chi connectivity index (χ2v) is 5.31. The number of carbonyl (C=O) groups excluding carboxylic acids is 1. The third kappa shape index (κ3) is 2.60. The monoisotopic (exact) mass is 314 g/mol. The lowest BCUT2D eigenvalue weighted by Crippen LogP contribution is -2.19. The number of carbonyl (C=O) groups is 1. The van der Waals surface area contributed by atoms with Crippen LogP contribution in [-0.4, -0.2) is 31.7 Å². The maximum Gasteiger partial charge on any atom is 0.255 e. The molecule has 112 valence electrons. The standard InChI is InChI=1S/C14H14N6OS/c1-22-14-11(12(15)21)13(20-10(19-14)4-7-18-20)17-8-9-2-5-16-6-3-9/h2-7,17H,8H2,1H3,(H2,15,21). The molecule has 0 aliphatic heterocycles. The van der Waals surface area contributed by atoms with Crippen molar-refractivity contribution in [3.63, 3.8) is 0 Å². The summed E-state index contributed by atoms with van der Waals surface area (Å²) in [6.07, 6.45) is 6.92. The first kappa shape index (κ1) is 14.3. The van der Waals surface area contributed by atoms with Gasteiger partial charge in [0, 0.05) is 25.0 Å². The Morgan fingerprint density at radius 3 is 2.77 bits per heavy atom. The number of rotatable bonds is 5. The molecular formula is C14H14N6OS. The van der Waals surface area contributed by atoms with E-state index < -0.39 is 5.91 Å². The zero-order valence-corrected chi connectivity index (χ0v) is 12.7. The van der Waals surface area contributed by atoms with E-state index in [9.17, 15) is 4.79 Å². The number of nitrogens with two attached hydrogens (primary N) is 1. The molecule has 0 saturated carbocycles. The van der Waals surface area contributed by atoms with E-state index >= 15 is 0 Å². The summed E-state index contributed by atoms with van der Waals surface area (Å²) in [6.45, 7) is 0.523. The molecule has 3 rings (SSSR count). The van der Waals surface area contributed by atoms with Crippen molar-refractivity contribution < 1.29 is 4.79 Å². The van der Waals surface area contributed by atoms with Gasteiger partial charge < -0.3 is 11.1 Å². The molecule has 0 radical (unpaired) electrons. The van der Waals surface area contributed by atoms with Crippen LogP contribution in [-0.2, 0) is 6.54 Å². The van der Waals surface area contributed by atoms with Crippen LogP contribution in [0.2, 0.25) is 0 Å². The lowest BCUT2D eigenvalue weighted by atomic mass is 10.2. The van der Waals surface area contributed by atoms with Gasteiger partial charge in [0.25, 0.3) is 5.91 Å². The average molecular weight is 314 g/mol. The Balaban J connectivity index is 2.07. The van der Waals surface area contributed by atoms with Crippen LogP contribution >= 0.6 is 11.8 Å². The summed E-state index contributed by atoms with van der Waals surface area (Å²) in [6, 6.07) is 5.57. The second-order valence-electron chi connectivity index (χ2n) is 4.52. The molecule has 0 bridgehead atoms. The van der Waals surface area contributed by atoms with E-state index in [1.807, 2.05) is 18.4 Å². The van der Waals surface area contributed by atoms with Crippen LogP contribution in [0.5, 0.6) is 0 Å². The highest BCUT2D eigenvalue weighted by molar-refractivity contribution is 7.98. The number of aromatic nitrogens is 4. The Hall–Kier alpha value is -2.61. The zero-order valence-electron chi connectivity index (χ0n) is 11.9. The van der Waals surface area contributed by atoms with Gasteiger partial charge in [-0.2, -0.15) is 9.61 Å². The molecule has 0 saturated heterocycles. The Morgan fingerprint density at radius 2 is 2.09 bits per heavy atom. The molecule has 7 nitrogen and oxygen atoms in total. The molecule has 0 fully saturated rings. The van der Waals surface area contributed by atoms with Crippen molar-refractivity contribution in [2.75, 3.05) is 11.6 Å².